The number of aliphatic hydroxyl groups excluding tert-OH is 1. The number of rotatable bonds is 7. The van der Waals surface area contributed by atoms with E-state index in [2.05, 4.69) is 4.98 Å². The molecule has 0 saturated carbocycles. The Morgan fingerprint density at radius 3 is 2.48 bits per heavy atom. The zero-order valence-electron chi connectivity index (χ0n) is 13.6. The van der Waals surface area contributed by atoms with Crippen LogP contribution in [0.5, 0.6) is 0 Å². The topological polar surface area (TPSA) is 56.7 Å². The maximum absolute atomic E-state index is 12.7. The van der Waals surface area contributed by atoms with Crippen molar-refractivity contribution < 1.29 is 9.90 Å². The number of aromatic nitrogens is 1. The lowest BCUT2D eigenvalue weighted by Crippen LogP contribution is -2.41. The summed E-state index contributed by atoms with van der Waals surface area (Å²) in [5.74, 6) is -0.00598. The van der Waals surface area contributed by atoms with Gasteiger partial charge in [0.15, 0.2) is 0 Å². The summed E-state index contributed by atoms with van der Waals surface area (Å²) in [6.07, 6.45) is 3.51. The average molecular weight is 313 g/mol. The van der Waals surface area contributed by atoms with E-state index in [-0.39, 0.29) is 12.5 Å². The Morgan fingerprint density at radius 1 is 1.17 bits per heavy atom. The van der Waals surface area contributed by atoms with Crippen LogP contribution in [0.15, 0.2) is 54.9 Å². The van der Waals surface area contributed by atoms with E-state index in [1.165, 1.54) is 0 Å². The fourth-order valence-corrected chi connectivity index (χ4v) is 2.54. The van der Waals surface area contributed by atoms with Crippen LogP contribution in [0.1, 0.15) is 17.2 Å². The minimum absolute atomic E-state index is 0.00598. The van der Waals surface area contributed by atoms with Crippen LogP contribution in [-0.4, -0.2) is 53.0 Å². The van der Waals surface area contributed by atoms with Gasteiger partial charge in [0, 0.05) is 39.6 Å². The van der Waals surface area contributed by atoms with Gasteiger partial charge in [-0.2, -0.15) is 0 Å². The number of aliphatic hydroxyl groups is 1. The van der Waals surface area contributed by atoms with Gasteiger partial charge >= 0.3 is 0 Å². The van der Waals surface area contributed by atoms with Crippen LogP contribution in [0, 0.1) is 0 Å². The lowest BCUT2D eigenvalue weighted by molar-refractivity contribution is -0.135. The van der Waals surface area contributed by atoms with Gasteiger partial charge < -0.3 is 10.0 Å². The molecule has 0 fully saturated rings. The summed E-state index contributed by atoms with van der Waals surface area (Å²) >= 11 is 0. The molecule has 122 valence electrons. The molecule has 1 N–H and O–H groups in total. The van der Waals surface area contributed by atoms with Crippen molar-refractivity contribution in [3.63, 3.8) is 0 Å². The SMILES string of the molecule is CN(C)C(=O)C(c1ccccc1)N(CCO)Cc1cccnc1. The zero-order chi connectivity index (χ0) is 16.7. The number of carbonyl (C=O) groups is 1. The number of benzene rings is 1. The Labute approximate surface area is 137 Å². The van der Waals surface area contributed by atoms with E-state index in [0.717, 1.165) is 11.1 Å². The van der Waals surface area contributed by atoms with Gasteiger partial charge in [-0.05, 0) is 17.2 Å². The molecule has 1 aromatic heterocycles. The summed E-state index contributed by atoms with van der Waals surface area (Å²) in [5.41, 5.74) is 1.93. The Bertz CT molecular complexity index is 602. The van der Waals surface area contributed by atoms with E-state index >= 15 is 0 Å². The smallest absolute Gasteiger partial charge is 0.244 e. The normalized spacial score (nSPS) is 12.2. The Hall–Kier alpha value is -2.24. The number of pyridine rings is 1. The molecule has 0 aliphatic heterocycles. The first-order chi connectivity index (χ1) is 11.1. The molecule has 2 aromatic rings. The Kier molecular flexibility index (Phi) is 6.26. The summed E-state index contributed by atoms with van der Waals surface area (Å²) in [4.78, 5) is 20.4. The Balaban J connectivity index is 2.34. The summed E-state index contributed by atoms with van der Waals surface area (Å²) in [6.45, 7) is 0.950. The minimum Gasteiger partial charge on any atom is -0.395 e. The van der Waals surface area contributed by atoms with Crippen molar-refractivity contribution in [2.75, 3.05) is 27.2 Å². The Morgan fingerprint density at radius 2 is 1.91 bits per heavy atom. The van der Waals surface area contributed by atoms with Gasteiger partial charge in [-0.3, -0.25) is 14.7 Å². The van der Waals surface area contributed by atoms with Crippen LogP contribution in [0.3, 0.4) is 0 Å². The van der Waals surface area contributed by atoms with Gasteiger partial charge in [0.1, 0.15) is 6.04 Å². The summed E-state index contributed by atoms with van der Waals surface area (Å²) in [7, 11) is 3.50. The molecule has 5 heteroatoms. The third-order valence-electron chi connectivity index (χ3n) is 3.65. The first-order valence-corrected chi connectivity index (χ1v) is 7.63. The van der Waals surface area contributed by atoms with Crippen molar-refractivity contribution >= 4 is 5.91 Å². The van der Waals surface area contributed by atoms with Crippen molar-refractivity contribution in [1.82, 2.24) is 14.8 Å². The molecule has 0 bridgehead atoms. The van der Waals surface area contributed by atoms with Gasteiger partial charge in [0.2, 0.25) is 5.91 Å². The highest BCUT2D eigenvalue weighted by Gasteiger charge is 2.28. The van der Waals surface area contributed by atoms with E-state index in [1.807, 2.05) is 47.4 Å². The molecule has 1 atom stereocenters. The highest BCUT2D eigenvalue weighted by Crippen LogP contribution is 2.24. The first kappa shape index (κ1) is 17.1. The van der Waals surface area contributed by atoms with E-state index < -0.39 is 6.04 Å². The number of carbonyl (C=O) groups excluding carboxylic acids is 1. The molecular weight excluding hydrogens is 290 g/mol. The van der Waals surface area contributed by atoms with Crippen molar-refractivity contribution in [3.8, 4) is 0 Å². The molecule has 0 spiro atoms. The van der Waals surface area contributed by atoms with E-state index in [9.17, 15) is 9.90 Å². The van der Waals surface area contributed by atoms with E-state index in [0.29, 0.717) is 13.1 Å². The van der Waals surface area contributed by atoms with E-state index in [1.54, 1.807) is 31.4 Å². The molecular formula is C18H23N3O2. The molecule has 0 saturated heterocycles. The van der Waals surface area contributed by atoms with Gasteiger partial charge in [-0.1, -0.05) is 36.4 Å². The van der Waals surface area contributed by atoms with Gasteiger partial charge in [0.25, 0.3) is 0 Å². The predicted molar refractivity (Wildman–Crippen MR) is 89.6 cm³/mol. The van der Waals surface area contributed by atoms with Crippen molar-refractivity contribution in [1.29, 1.82) is 0 Å². The molecule has 5 nitrogen and oxygen atoms in total. The fourth-order valence-electron chi connectivity index (χ4n) is 2.54. The second kappa shape index (κ2) is 8.41. The number of amides is 1. The predicted octanol–water partition coefficient (Wildman–Crippen LogP) is 1.71. The summed E-state index contributed by atoms with van der Waals surface area (Å²) in [6, 6.07) is 13.1. The van der Waals surface area contributed by atoms with Gasteiger partial charge in [0.05, 0.1) is 6.61 Å². The number of nitrogens with zero attached hydrogens (tertiary/aromatic N) is 3. The second-order valence-electron chi connectivity index (χ2n) is 5.60. The maximum atomic E-state index is 12.7. The van der Waals surface area contributed by atoms with Crippen LogP contribution < -0.4 is 0 Å². The zero-order valence-corrected chi connectivity index (χ0v) is 13.6. The molecule has 1 amide bonds. The van der Waals surface area contributed by atoms with Crippen LogP contribution in [0.4, 0.5) is 0 Å². The summed E-state index contributed by atoms with van der Waals surface area (Å²) < 4.78 is 0. The molecule has 0 aliphatic rings. The van der Waals surface area contributed by atoms with Gasteiger partial charge in [-0.15, -0.1) is 0 Å². The van der Waals surface area contributed by atoms with Crippen molar-refractivity contribution in [2.24, 2.45) is 0 Å². The van der Waals surface area contributed by atoms with Crippen molar-refractivity contribution in [2.45, 2.75) is 12.6 Å². The lowest BCUT2D eigenvalue weighted by atomic mass is 10.0. The fraction of sp³-hybridized carbons (Fsp3) is 0.333. The maximum Gasteiger partial charge on any atom is 0.244 e. The number of hydrogen-bond acceptors (Lipinski definition) is 4. The van der Waals surface area contributed by atoms with Crippen LogP contribution >= 0.6 is 0 Å². The average Bonchev–Trinajstić information content (AvgIpc) is 2.57. The largest absolute Gasteiger partial charge is 0.395 e. The lowest BCUT2D eigenvalue weighted by Gasteiger charge is -2.32. The second-order valence-corrected chi connectivity index (χ2v) is 5.60. The molecule has 1 aromatic carbocycles. The highest BCUT2D eigenvalue weighted by atomic mass is 16.3. The molecule has 1 heterocycles. The minimum atomic E-state index is -0.432. The third-order valence-corrected chi connectivity index (χ3v) is 3.65. The molecule has 23 heavy (non-hydrogen) atoms. The molecule has 1 unspecified atom stereocenters. The van der Waals surface area contributed by atoms with Crippen LogP contribution in [-0.2, 0) is 11.3 Å². The van der Waals surface area contributed by atoms with Crippen LogP contribution in [0.25, 0.3) is 0 Å². The number of hydrogen-bond donors (Lipinski definition) is 1. The molecule has 2 rings (SSSR count). The molecule has 0 radical (unpaired) electrons. The first-order valence-electron chi connectivity index (χ1n) is 7.63. The monoisotopic (exact) mass is 313 g/mol. The summed E-state index contributed by atoms with van der Waals surface area (Å²) in [5, 5.41) is 9.45. The van der Waals surface area contributed by atoms with Crippen molar-refractivity contribution in [3.05, 3.63) is 66.0 Å². The highest BCUT2D eigenvalue weighted by molar-refractivity contribution is 5.82. The van der Waals surface area contributed by atoms with Crippen LogP contribution in [0.2, 0.25) is 0 Å². The van der Waals surface area contributed by atoms with Gasteiger partial charge in [-0.25, -0.2) is 0 Å². The quantitative estimate of drug-likeness (QED) is 0.845. The third kappa shape index (κ3) is 4.61. The van der Waals surface area contributed by atoms with E-state index in [4.69, 9.17) is 0 Å². The number of likely N-dealkylation sites (N-methyl/N-ethyl adjacent to an activating group) is 1. The molecule has 0 aliphatic carbocycles. The standard InChI is InChI=1S/C18H23N3O2/c1-20(2)18(23)17(16-8-4-3-5-9-16)21(11-12-22)14-15-7-6-10-19-13-15/h3-10,13,17,22H,11-12,14H2,1-2H3.